The summed E-state index contributed by atoms with van der Waals surface area (Å²) in [5, 5.41) is 3.62. The van der Waals surface area contributed by atoms with E-state index in [-0.39, 0.29) is 5.96 Å². The number of fused-ring (bicyclic) bond motifs is 1. The number of carbonyl (C=O) groups excluding carboxylic acids is 2. The van der Waals surface area contributed by atoms with E-state index in [9.17, 15) is 9.59 Å². The number of hydrogen-bond acceptors (Lipinski definition) is 4. The van der Waals surface area contributed by atoms with Gasteiger partial charge in [0.15, 0.2) is 5.96 Å². The summed E-state index contributed by atoms with van der Waals surface area (Å²) in [7, 11) is 0. The monoisotopic (exact) mass is 359 g/mol. The van der Waals surface area contributed by atoms with Crippen LogP contribution in [-0.2, 0) is 16.0 Å². The van der Waals surface area contributed by atoms with E-state index in [0.29, 0.717) is 25.8 Å². The van der Waals surface area contributed by atoms with E-state index in [4.69, 9.17) is 22.9 Å². The number of benzene rings is 1. The molecular formula is C17H25N7O2. The van der Waals surface area contributed by atoms with Gasteiger partial charge in [-0.25, -0.2) is 0 Å². The van der Waals surface area contributed by atoms with Crippen molar-refractivity contribution in [2.75, 3.05) is 6.54 Å². The summed E-state index contributed by atoms with van der Waals surface area (Å²) < 4.78 is 0. The van der Waals surface area contributed by atoms with Gasteiger partial charge in [0.1, 0.15) is 6.04 Å². The van der Waals surface area contributed by atoms with E-state index in [1.807, 2.05) is 30.5 Å². The Labute approximate surface area is 151 Å². The third-order valence-corrected chi connectivity index (χ3v) is 4.06. The number of aromatic amines is 1. The lowest BCUT2D eigenvalue weighted by atomic mass is 10.0. The van der Waals surface area contributed by atoms with Gasteiger partial charge in [-0.1, -0.05) is 18.2 Å². The fourth-order valence-corrected chi connectivity index (χ4v) is 2.70. The van der Waals surface area contributed by atoms with Gasteiger partial charge in [0, 0.05) is 23.6 Å². The Morgan fingerprint density at radius 3 is 2.62 bits per heavy atom. The average Bonchev–Trinajstić information content (AvgIpc) is 3.00. The van der Waals surface area contributed by atoms with Crippen LogP contribution in [0.2, 0.25) is 0 Å². The number of aliphatic imine (C=N–C) groups is 1. The molecule has 0 bridgehead atoms. The molecule has 0 aliphatic heterocycles. The number of primary amides is 1. The average molecular weight is 359 g/mol. The van der Waals surface area contributed by atoms with Crippen LogP contribution in [0.3, 0.4) is 0 Å². The molecule has 2 atom stereocenters. The molecule has 2 aromatic rings. The first kappa shape index (κ1) is 19.3. The van der Waals surface area contributed by atoms with Gasteiger partial charge in [-0.2, -0.15) is 0 Å². The minimum absolute atomic E-state index is 0.0228. The van der Waals surface area contributed by atoms with Crippen molar-refractivity contribution in [1.82, 2.24) is 10.3 Å². The van der Waals surface area contributed by atoms with Crippen molar-refractivity contribution < 1.29 is 9.59 Å². The molecule has 9 heteroatoms. The Hall–Kier alpha value is -3.07. The number of H-pyrrole nitrogens is 1. The van der Waals surface area contributed by atoms with Crippen molar-refractivity contribution in [2.24, 2.45) is 27.9 Å². The van der Waals surface area contributed by atoms with Gasteiger partial charge in [0.2, 0.25) is 11.8 Å². The molecule has 2 rings (SSSR count). The van der Waals surface area contributed by atoms with Gasteiger partial charge in [-0.3, -0.25) is 14.6 Å². The number of guanidine groups is 1. The lowest BCUT2D eigenvalue weighted by molar-refractivity contribution is -0.128. The molecule has 140 valence electrons. The predicted octanol–water partition coefficient (Wildman–Crippen LogP) is -0.939. The second-order valence-corrected chi connectivity index (χ2v) is 6.08. The first-order valence-corrected chi connectivity index (χ1v) is 8.34. The van der Waals surface area contributed by atoms with Crippen molar-refractivity contribution in [2.45, 2.75) is 31.3 Å². The maximum Gasteiger partial charge on any atom is 0.240 e. The summed E-state index contributed by atoms with van der Waals surface area (Å²) in [5.41, 5.74) is 23.8. The van der Waals surface area contributed by atoms with Gasteiger partial charge in [-0.15, -0.1) is 0 Å². The van der Waals surface area contributed by atoms with Crippen molar-refractivity contribution in [3.05, 3.63) is 36.0 Å². The van der Waals surface area contributed by atoms with Crippen molar-refractivity contribution in [3.8, 4) is 0 Å². The molecule has 0 fully saturated rings. The normalized spacial score (nSPS) is 13.1. The van der Waals surface area contributed by atoms with Crippen LogP contribution in [0, 0.1) is 0 Å². The van der Waals surface area contributed by atoms with Gasteiger partial charge in [-0.05, 0) is 30.9 Å². The van der Waals surface area contributed by atoms with Crippen molar-refractivity contribution >= 4 is 28.7 Å². The number of nitrogens with zero attached hydrogens (tertiary/aromatic N) is 1. The first-order valence-electron chi connectivity index (χ1n) is 8.34. The topological polar surface area (TPSA) is 178 Å². The molecule has 1 aromatic carbocycles. The highest BCUT2D eigenvalue weighted by molar-refractivity contribution is 5.90. The number of nitrogens with one attached hydrogen (secondary N) is 2. The summed E-state index contributed by atoms with van der Waals surface area (Å²) in [4.78, 5) is 30.9. The molecule has 2 unspecified atom stereocenters. The Balaban J connectivity index is 1.93. The molecule has 0 spiro atoms. The fourth-order valence-electron chi connectivity index (χ4n) is 2.70. The van der Waals surface area contributed by atoms with E-state index in [1.165, 1.54) is 0 Å². The summed E-state index contributed by atoms with van der Waals surface area (Å²) in [6.45, 7) is 0.351. The maximum absolute atomic E-state index is 12.3. The zero-order chi connectivity index (χ0) is 19.1. The van der Waals surface area contributed by atoms with Crippen LogP contribution in [0.5, 0.6) is 0 Å². The number of rotatable bonds is 9. The number of aromatic nitrogens is 1. The third kappa shape index (κ3) is 5.21. The molecule has 0 aliphatic rings. The molecule has 9 nitrogen and oxygen atoms in total. The molecular weight excluding hydrogens is 334 g/mol. The number of para-hydroxylation sites is 1. The molecule has 1 aromatic heterocycles. The maximum atomic E-state index is 12.3. The van der Waals surface area contributed by atoms with Crippen LogP contribution in [0.15, 0.2) is 35.5 Å². The standard InChI is InChI=1S/C17H25N7O2/c18-12(8-10-9-23-13-5-2-1-4-11(10)13)16(26)24-14(15(19)25)6-3-7-22-17(20)21/h1-2,4-5,9,12,14,23H,3,6-8,18H2,(H2,19,25)(H,24,26)(H4,20,21,22). The minimum atomic E-state index is -0.814. The number of amides is 2. The first-order chi connectivity index (χ1) is 12.4. The Bertz CT molecular complexity index is 795. The highest BCUT2D eigenvalue weighted by Crippen LogP contribution is 2.18. The van der Waals surface area contributed by atoms with Crippen LogP contribution in [0.1, 0.15) is 18.4 Å². The zero-order valence-electron chi connectivity index (χ0n) is 14.4. The van der Waals surface area contributed by atoms with Crippen LogP contribution in [0.4, 0.5) is 0 Å². The summed E-state index contributed by atoms with van der Waals surface area (Å²) in [5.74, 6) is -1.08. The Kier molecular flexibility index (Phi) is 6.56. The highest BCUT2D eigenvalue weighted by atomic mass is 16.2. The van der Waals surface area contributed by atoms with Crippen LogP contribution in [-0.4, -0.2) is 41.4 Å². The van der Waals surface area contributed by atoms with Crippen LogP contribution < -0.4 is 28.3 Å². The highest BCUT2D eigenvalue weighted by Gasteiger charge is 2.22. The zero-order valence-corrected chi connectivity index (χ0v) is 14.4. The van der Waals surface area contributed by atoms with Crippen LogP contribution >= 0.6 is 0 Å². The number of carbonyl (C=O) groups is 2. The van der Waals surface area contributed by atoms with Gasteiger partial charge >= 0.3 is 0 Å². The van der Waals surface area contributed by atoms with E-state index < -0.39 is 23.9 Å². The molecule has 26 heavy (non-hydrogen) atoms. The third-order valence-electron chi connectivity index (χ3n) is 4.06. The van der Waals surface area contributed by atoms with E-state index in [1.54, 1.807) is 0 Å². The largest absolute Gasteiger partial charge is 0.370 e. The van der Waals surface area contributed by atoms with E-state index >= 15 is 0 Å². The lowest BCUT2D eigenvalue weighted by Crippen LogP contribution is -2.51. The lowest BCUT2D eigenvalue weighted by Gasteiger charge is -2.18. The molecule has 0 saturated carbocycles. The molecule has 0 saturated heterocycles. The van der Waals surface area contributed by atoms with Gasteiger partial charge in [0.25, 0.3) is 0 Å². The summed E-state index contributed by atoms with van der Waals surface area (Å²) in [6.07, 6.45) is 3.01. The molecule has 1 heterocycles. The SMILES string of the molecule is NC(=O)C(CCCN=C(N)N)NC(=O)C(N)Cc1c[nH]c2ccccc12. The summed E-state index contributed by atoms with van der Waals surface area (Å²) in [6, 6.07) is 6.14. The molecule has 0 radical (unpaired) electrons. The molecule has 2 amide bonds. The Morgan fingerprint density at radius 2 is 1.92 bits per heavy atom. The quantitative estimate of drug-likeness (QED) is 0.192. The van der Waals surface area contributed by atoms with E-state index in [0.717, 1.165) is 16.5 Å². The number of nitrogens with two attached hydrogens (primary N) is 4. The van der Waals surface area contributed by atoms with Gasteiger partial charge in [0.05, 0.1) is 6.04 Å². The van der Waals surface area contributed by atoms with Crippen molar-refractivity contribution in [3.63, 3.8) is 0 Å². The van der Waals surface area contributed by atoms with Gasteiger partial charge < -0.3 is 33.2 Å². The van der Waals surface area contributed by atoms with Crippen molar-refractivity contribution in [1.29, 1.82) is 0 Å². The smallest absolute Gasteiger partial charge is 0.240 e. The number of hydrogen-bond donors (Lipinski definition) is 6. The Morgan fingerprint density at radius 1 is 1.19 bits per heavy atom. The summed E-state index contributed by atoms with van der Waals surface area (Å²) >= 11 is 0. The second kappa shape index (κ2) is 8.86. The molecule has 0 aliphatic carbocycles. The second-order valence-electron chi connectivity index (χ2n) is 6.08. The minimum Gasteiger partial charge on any atom is -0.370 e. The fraction of sp³-hybridized carbons (Fsp3) is 0.353. The van der Waals surface area contributed by atoms with E-state index in [2.05, 4.69) is 15.3 Å². The predicted molar refractivity (Wildman–Crippen MR) is 101 cm³/mol. The van der Waals surface area contributed by atoms with Crippen LogP contribution in [0.25, 0.3) is 10.9 Å². The molecule has 10 N–H and O–H groups in total.